The lowest BCUT2D eigenvalue weighted by Gasteiger charge is -2.28. The van der Waals surface area contributed by atoms with Crippen LogP contribution in [-0.4, -0.2) is 40.3 Å². The number of likely N-dealkylation sites (tertiary alicyclic amines) is 1. The molecule has 29 heavy (non-hydrogen) atoms. The Bertz CT molecular complexity index is 805. The standard InChI is InChI=1S/C21H27FN4O3/c22-15-8-10-17(11-9-15)28-14-12-19-24-20(29-25-19)18-7-4-13-26(18)21(27)23-16-5-2-1-3-6-16/h8-11,16,18H,1-7,12-14H2,(H,23,27). The predicted molar refractivity (Wildman–Crippen MR) is 104 cm³/mol. The Morgan fingerprint density at radius 2 is 1.97 bits per heavy atom. The highest BCUT2D eigenvalue weighted by atomic mass is 19.1. The molecule has 1 aliphatic heterocycles. The van der Waals surface area contributed by atoms with Crippen molar-refractivity contribution in [3.8, 4) is 5.75 Å². The number of nitrogens with zero attached hydrogens (tertiary/aromatic N) is 3. The summed E-state index contributed by atoms with van der Waals surface area (Å²) in [6.45, 7) is 1.07. The number of benzene rings is 1. The second-order valence-electron chi connectivity index (χ2n) is 7.74. The highest BCUT2D eigenvalue weighted by molar-refractivity contribution is 5.75. The first-order valence-corrected chi connectivity index (χ1v) is 10.5. The zero-order valence-electron chi connectivity index (χ0n) is 16.5. The number of ether oxygens (including phenoxy) is 1. The Labute approximate surface area is 169 Å². The molecule has 1 aliphatic carbocycles. The van der Waals surface area contributed by atoms with Crippen molar-refractivity contribution in [2.75, 3.05) is 13.2 Å². The van der Waals surface area contributed by atoms with Gasteiger partial charge in [0.2, 0.25) is 5.89 Å². The van der Waals surface area contributed by atoms with Gasteiger partial charge in [0.05, 0.1) is 6.61 Å². The second-order valence-corrected chi connectivity index (χ2v) is 7.74. The largest absolute Gasteiger partial charge is 0.493 e. The van der Waals surface area contributed by atoms with Crippen LogP contribution in [0.2, 0.25) is 0 Å². The van der Waals surface area contributed by atoms with E-state index in [1.165, 1.54) is 31.4 Å². The Hall–Kier alpha value is -2.64. The molecule has 1 N–H and O–H groups in total. The summed E-state index contributed by atoms with van der Waals surface area (Å²) < 4.78 is 24.0. The van der Waals surface area contributed by atoms with Crippen LogP contribution in [-0.2, 0) is 6.42 Å². The molecule has 156 valence electrons. The van der Waals surface area contributed by atoms with Crippen LogP contribution in [0.3, 0.4) is 0 Å². The van der Waals surface area contributed by atoms with Gasteiger partial charge in [-0.2, -0.15) is 4.98 Å². The second kappa shape index (κ2) is 9.24. The van der Waals surface area contributed by atoms with Gasteiger partial charge >= 0.3 is 6.03 Å². The van der Waals surface area contributed by atoms with Crippen molar-refractivity contribution in [3.05, 3.63) is 41.8 Å². The van der Waals surface area contributed by atoms with Crippen LogP contribution >= 0.6 is 0 Å². The van der Waals surface area contributed by atoms with E-state index in [1.54, 1.807) is 12.1 Å². The third-order valence-electron chi connectivity index (χ3n) is 5.62. The van der Waals surface area contributed by atoms with E-state index in [9.17, 15) is 9.18 Å². The fourth-order valence-electron chi connectivity index (χ4n) is 4.07. The lowest BCUT2D eigenvalue weighted by molar-refractivity contribution is 0.173. The first-order valence-electron chi connectivity index (χ1n) is 10.5. The maximum absolute atomic E-state index is 12.9. The van der Waals surface area contributed by atoms with Gasteiger partial charge in [0, 0.05) is 19.0 Å². The van der Waals surface area contributed by atoms with Gasteiger partial charge in [0.15, 0.2) is 5.82 Å². The molecule has 2 amide bonds. The molecule has 1 saturated carbocycles. The molecule has 4 rings (SSSR count). The highest BCUT2D eigenvalue weighted by Crippen LogP contribution is 2.31. The average Bonchev–Trinajstić information content (AvgIpc) is 3.39. The van der Waals surface area contributed by atoms with Gasteiger partial charge in [0.25, 0.3) is 0 Å². The monoisotopic (exact) mass is 402 g/mol. The smallest absolute Gasteiger partial charge is 0.318 e. The van der Waals surface area contributed by atoms with Gasteiger partial charge in [-0.25, -0.2) is 9.18 Å². The SMILES string of the molecule is O=C(NC1CCCCC1)N1CCCC1c1nc(CCOc2ccc(F)cc2)no1. The number of hydrogen-bond acceptors (Lipinski definition) is 5. The fourth-order valence-corrected chi connectivity index (χ4v) is 4.07. The maximum atomic E-state index is 12.9. The summed E-state index contributed by atoms with van der Waals surface area (Å²) in [6.07, 6.45) is 7.96. The van der Waals surface area contributed by atoms with Crippen molar-refractivity contribution >= 4 is 6.03 Å². The third-order valence-corrected chi connectivity index (χ3v) is 5.62. The van der Waals surface area contributed by atoms with Crippen LogP contribution in [0.25, 0.3) is 0 Å². The number of aromatic nitrogens is 2. The summed E-state index contributed by atoms with van der Waals surface area (Å²) in [4.78, 5) is 19.0. The summed E-state index contributed by atoms with van der Waals surface area (Å²) in [7, 11) is 0. The molecule has 7 nitrogen and oxygen atoms in total. The minimum absolute atomic E-state index is 0.0289. The summed E-state index contributed by atoms with van der Waals surface area (Å²) in [6, 6.07) is 5.95. The Balaban J connectivity index is 1.30. The number of halogens is 1. The van der Waals surface area contributed by atoms with Gasteiger partial charge in [-0.15, -0.1) is 0 Å². The van der Waals surface area contributed by atoms with Gasteiger partial charge in [0.1, 0.15) is 17.6 Å². The molecule has 1 atom stereocenters. The van der Waals surface area contributed by atoms with E-state index in [4.69, 9.17) is 9.26 Å². The van der Waals surface area contributed by atoms with E-state index >= 15 is 0 Å². The van der Waals surface area contributed by atoms with Crippen molar-refractivity contribution in [3.63, 3.8) is 0 Å². The first-order chi connectivity index (χ1) is 14.2. The Morgan fingerprint density at radius 1 is 1.17 bits per heavy atom. The van der Waals surface area contributed by atoms with Gasteiger partial charge in [-0.1, -0.05) is 24.4 Å². The quantitative estimate of drug-likeness (QED) is 0.790. The molecule has 2 fully saturated rings. The molecule has 2 heterocycles. The first kappa shape index (κ1) is 19.7. The van der Waals surface area contributed by atoms with Crippen LogP contribution < -0.4 is 10.1 Å². The minimum Gasteiger partial charge on any atom is -0.493 e. The number of amides is 2. The van der Waals surface area contributed by atoms with Crippen LogP contribution in [0.1, 0.15) is 62.7 Å². The lowest BCUT2D eigenvalue weighted by atomic mass is 9.96. The molecular formula is C21H27FN4O3. The van der Waals surface area contributed by atoms with E-state index in [0.29, 0.717) is 37.0 Å². The third kappa shape index (κ3) is 5.05. The summed E-state index contributed by atoms with van der Waals surface area (Å²) >= 11 is 0. The van der Waals surface area contributed by atoms with E-state index in [0.717, 1.165) is 25.7 Å². The maximum Gasteiger partial charge on any atom is 0.318 e. The zero-order chi connectivity index (χ0) is 20.1. The van der Waals surface area contributed by atoms with Gasteiger partial charge in [-0.05, 0) is 49.9 Å². The molecule has 1 unspecified atom stereocenters. The molecule has 2 aromatic rings. The Kier molecular flexibility index (Phi) is 6.27. The van der Waals surface area contributed by atoms with Gasteiger partial charge in [-0.3, -0.25) is 0 Å². The molecule has 1 aromatic carbocycles. The fraction of sp³-hybridized carbons (Fsp3) is 0.571. The van der Waals surface area contributed by atoms with Crippen molar-refractivity contribution in [1.82, 2.24) is 20.4 Å². The Morgan fingerprint density at radius 3 is 2.76 bits per heavy atom. The molecule has 8 heteroatoms. The molecule has 2 aliphatic rings. The molecule has 1 saturated heterocycles. The number of nitrogens with one attached hydrogen (secondary N) is 1. The number of hydrogen-bond donors (Lipinski definition) is 1. The zero-order valence-corrected chi connectivity index (χ0v) is 16.5. The van der Waals surface area contributed by atoms with Crippen molar-refractivity contribution < 1.29 is 18.4 Å². The number of carbonyl (C=O) groups excluding carboxylic acids is 1. The normalized spacial score (nSPS) is 20.0. The van der Waals surface area contributed by atoms with Crippen LogP contribution in [0.5, 0.6) is 5.75 Å². The highest BCUT2D eigenvalue weighted by Gasteiger charge is 2.35. The molecule has 0 radical (unpaired) electrons. The molecule has 1 aromatic heterocycles. The topological polar surface area (TPSA) is 80.5 Å². The molecule has 0 bridgehead atoms. The minimum atomic E-state index is -0.297. The molecule has 0 spiro atoms. The van der Waals surface area contributed by atoms with Crippen molar-refractivity contribution in [2.24, 2.45) is 0 Å². The van der Waals surface area contributed by atoms with E-state index in [-0.39, 0.29) is 23.9 Å². The van der Waals surface area contributed by atoms with E-state index < -0.39 is 0 Å². The van der Waals surface area contributed by atoms with Crippen LogP contribution in [0.15, 0.2) is 28.8 Å². The number of urea groups is 1. The summed E-state index contributed by atoms with van der Waals surface area (Å²) in [5.41, 5.74) is 0. The predicted octanol–water partition coefficient (Wildman–Crippen LogP) is 4.01. The average molecular weight is 402 g/mol. The number of carbonyl (C=O) groups is 1. The molecular weight excluding hydrogens is 375 g/mol. The van der Waals surface area contributed by atoms with Crippen molar-refractivity contribution in [2.45, 2.75) is 63.5 Å². The summed E-state index contributed by atoms with van der Waals surface area (Å²) in [5.74, 6) is 1.32. The summed E-state index contributed by atoms with van der Waals surface area (Å²) in [5, 5.41) is 7.21. The van der Waals surface area contributed by atoms with E-state index in [1.807, 2.05) is 4.90 Å². The van der Waals surface area contributed by atoms with E-state index in [2.05, 4.69) is 15.5 Å². The van der Waals surface area contributed by atoms with Crippen LogP contribution in [0, 0.1) is 5.82 Å². The van der Waals surface area contributed by atoms with Crippen LogP contribution in [0.4, 0.5) is 9.18 Å². The van der Waals surface area contributed by atoms with Gasteiger partial charge < -0.3 is 19.5 Å². The lowest BCUT2D eigenvalue weighted by Crippen LogP contribution is -2.45. The number of rotatable bonds is 6. The van der Waals surface area contributed by atoms with Crippen molar-refractivity contribution in [1.29, 1.82) is 0 Å².